The zero-order valence-corrected chi connectivity index (χ0v) is 9.02. The molecular formula is C11H19NO3. The lowest BCUT2D eigenvalue weighted by Gasteiger charge is -2.29. The molecule has 0 radical (unpaired) electrons. The molecule has 15 heavy (non-hydrogen) atoms. The second-order valence-electron chi connectivity index (χ2n) is 4.55. The Bertz CT molecular complexity index is 226. The molecule has 0 saturated carbocycles. The molecule has 0 aromatic rings. The van der Waals surface area contributed by atoms with Crippen LogP contribution in [0, 0.1) is 5.92 Å². The molecule has 2 fully saturated rings. The van der Waals surface area contributed by atoms with E-state index >= 15 is 0 Å². The van der Waals surface area contributed by atoms with Crippen LogP contribution in [0.5, 0.6) is 0 Å². The monoisotopic (exact) mass is 213 g/mol. The Morgan fingerprint density at radius 1 is 1.33 bits per heavy atom. The third kappa shape index (κ3) is 2.69. The van der Waals surface area contributed by atoms with Crippen molar-refractivity contribution in [3.63, 3.8) is 0 Å². The number of hydrogen-bond acceptors (Lipinski definition) is 3. The highest BCUT2D eigenvalue weighted by Gasteiger charge is 2.32. The zero-order chi connectivity index (χ0) is 10.7. The maximum Gasteiger partial charge on any atom is 0.320 e. The molecule has 1 unspecified atom stereocenters. The van der Waals surface area contributed by atoms with E-state index in [1.54, 1.807) is 0 Å². The first-order valence-electron chi connectivity index (χ1n) is 5.82. The van der Waals surface area contributed by atoms with E-state index in [1.165, 1.54) is 0 Å². The lowest BCUT2D eigenvalue weighted by atomic mass is 9.99. The highest BCUT2D eigenvalue weighted by atomic mass is 16.5. The first-order valence-corrected chi connectivity index (χ1v) is 5.82. The van der Waals surface area contributed by atoms with Crippen molar-refractivity contribution in [2.75, 3.05) is 26.3 Å². The topological polar surface area (TPSA) is 49.8 Å². The molecular weight excluding hydrogens is 194 g/mol. The number of aliphatic carboxylic acids is 1. The minimum atomic E-state index is -0.653. The Hall–Kier alpha value is -0.610. The van der Waals surface area contributed by atoms with Crippen LogP contribution < -0.4 is 0 Å². The van der Waals surface area contributed by atoms with Crippen molar-refractivity contribution in [3.8, 4) is 0 Å². The number of nitrogens with zero attached hydrogens (tertiary/aromatic N) is 1. The molecule has 0 spiro atoms. The summed E-state index contributed by atoms with van der Waals surface area (Å²) in [6, 6.07) is -0.229. The van der Waals surface area contributed by atoms with Crippen molar-refractivity contribution in [2.24, 2.45) is 5.92 Å². The average molecular weight is 213 g/mol. The molecule has 2 aliphatic rings. The molecule has 1 atom stereocenters. The van der Waals surface area contributed by atoms with Gasteiger partial charge in [0.15, 0.2) is 0 Å². The number of likely N-dealkylation sites (tertiary alicyclic amines) is 1. The van der Waals surface area contributed by atoms with E-state index in [-0.39, 0.29) is 6.04 Å². The number of carboxylic acids is 1. The molecule has 4 nitrogen and oxygen atoms in total. The van der Waals surface area contributed by atoms with Crippen LogP contribution in [0.3, 0.4) is 0 Å². The van der Waals surface area contributed by atoms with Crippen LogP contribution in [0.2, 0.25) is 0 Å². The van der Waals surface area contributed by atoms with Gasteiger partial charge in [0.1, 0.15) is 6.04 Å². The van der Waals surface area contributed by atoms with Gasteiger partial charge in [-0.3, -0.25) is 9.69 Å². The first kappa shape index (κ1) is 10.9. The molecule has 2 rings (SSSR count). The summed E-state index contributed by atoms with van der Waals surface area (Å²) in [6.45, 7) is 3.58. The number of carboxylic acid groups (broad SMARTS) is 1. The molecule has 0 aromatic heterocycles. The Morgan fingerprint density at radius 3 is 2.73 bits per heavy atom. The van der Waals surface area contributed by atoms with Crippen molar-refractivity contribution >= 4 is 5.97 Å². The molecule has 0 aliphatic carbocycles. The summed E-state index contributed by atoms with van der Waals surface area (Å²) in [5, 5.41) is 9.05. The molecule has 2 heterocycles. The van der Waals surface area contributed by atoms with Crippen LogP contribution in [0.25, 0.3) is 0 Å². The van der Waals surface area contributed by atoms with Crippen molar-refractivity contribution in [2.45, 2.75) is 31.7 Å². The van der Waals surface area contributed by atoms with Crippen molar-refractivity contribution < 1.29 is 14.6 Å². The largest absolute Gasteiger partial charge is 0.480 e. The van der Waals surface area contributed by atoms with E-state index in [9.17, 15) is 4.79 Å². The normalized spacial score (nSPS) is 29.5. The standard InChI is InChI=1S/C11H19NO3/c13-11(14)10-2-1-5-12(10)8-9-3-6-15-7-4-9/h9-10H,1-8H2,(H,13,14). The molecule has 2 saturated heterocycles. The Kier molecular flexibility index (Phi) is 3.59. The highest BCUT2D eigenvalue weighted by Crippen LogP contribution is 2.23. The van der Waals surface area contributed by atoms with Crippen LogP contribution in [0.15, 0.2) is 0 Å². The summed E-state index contributed by atoms with van der Waals surface area (Å²) in [5.74, 6) is -0.0155. The van der Waals surface area contributed by atoms with Gasteiger partial charge in [0, 0.05) is 19.8 Å². The molecule has 4 heteroatoms. The molecule has 0 bridgehead atoms. The number of ether oxygens (including phenoxy) is 1. The summed E-state index contributed by atoms with van der Waals surface area (Å²) in [7, 11) is 0. The zero-order valence-electron chi connectivity index (χ0n) is 9.02. The third-order valence-electron chi connectivity index (χ3n) is 3.48. The lowest BCUT2D eigenvalue weighted by Crippen LogP contribution is -2.40. The van der Waals surface area contributed by atoms with Crippen LogP contribution in [-0.4, -0.2) is 48.3 Å². The number of hydrogen-bond donors (Lipinski definition) is 1. The van der Waals surface area contributed by atoms with Crippen LogP contribution in [0.1, 0.15) is 25.7 Å². The maximum absolute atomic E-state index is 11.0. The highest BCUT2D eigenvalue weighted by molar-refractivity contribution is 5.73. The first-order chi connectivity index (χ1) is 7.27. The van der Waals surface area contributed by atoms with Gasteiger partial charge >= 0.3 is 5.97 Å². The van der Waals surface area contributed by atoms with Gasteiger partial charge in [-0.15, -0.1) is 0 Å². The van der Waals surface area contributed by atoms with Gasteiger partial charge in [0.25, 0.3) is 0 Å². The fourth-order valence-electron chi connectivity index (χ4n) is 2.58. The Balaban J connectivity index is 1.84. The number of rotatable bonds is 3. The second kappa shape index (κ2) is 4.94. The SMILES string of the molecule is O=C(O)C1CCCN1CC1CCOCC1. The van der Waals surface area contributed by atoms with Gasteiger partial charge in [-0.25, -0.2) is 0 Å². The predicted octanol–water partition coefficient (Wildman–Crippen LogP) is 0.962. The fourth-order valence-corrected chi connectivity index (χ4v) is 2.58. The van der Waals surface area contributed by atoms with Crippen molar-refractivity contribution in [1.29, 1.82) is 0 Å². The molecule has 1 N–H and O–H groups in total. The molecule has 0 amide bonds. The summed E-state index contributed by atoms with van der Waals surface area (Å²) >= 11 is 0. The van der Waals surface area contributed by atoms with Gasteiger partial charge in [-0.2, -0.15) is 0 Å². The van der Waals surface area contributed by atoms with E-state index < -0.39 is 5.97 Å². The fraction of sp³-hybridized carbons (Fsp3) is 0.909. The summed E-state index contributed by atoms with van der Waals surface area (Å²) < 4.78 is 5.30. The van der Waals surface area contributed by atoms with Crippen LogP contribution in [0.4, 0.5) is 0 Å². The van der Waals surface area contributed by atoms with E-state index in [0.717, 1.165) is 52.0 Å². The lowest BCUT2D eigenvalue weighted by molar-refractivity contribution is -0.142. The minimum absolute atomic E-state index is 0.229. The van der Waals surface area contributed by atoms with Gasteiger partial charge in [0.05, 0.1) is 0 Å². The summed E-state index contributed by atoms with van der Waals surface area (Å²) in [6.07, 6.45) is 4.02. The Morgan fingerprint density at radius 2 is 2.07 bits per heavy atom. The van der Waals surface area contributed by atoms with Crippen molar-refractivity contribution in [3.05, 3.63) is 0 Å². The van der Waals surface area contributed by atoms with Gasteiger partial charge < -0.3 is 9.84 Å². The maximum atomic E-state index is 11.0. The smallest absolute Gasteiger partial charge is 0.320 e. The van der Waals surface area contributed by atoms with Crippen LogP contribution >= 0.6 is 0 Å². The van der Waals surface area contributed by atoms with Gasteiger partial charge in [0.2, 0.25) is 0 Å². The molecule has 86 valence electrons. The van der Waals surface area contributed by atoms with E-state index in [2.05, 4.69) is 4.90 Å². The van der Waals surface area contributed by atoms with Crippen molar-refractivity contribution in [1.82, 2.24) is 4.90 Å². The van der Waals surface area contributed by atoms with E-state index in [4.69, 9.17) is 9.84 Å². The molecule has 2 aliphatic heterocycles. The quantitative estimate of drug-likeness (QED) is 0.758. The van der Waals surface area contributed by atoms with Crippen LogP contribution in [-0.2, 0) is 9.53 Å². The predicted molar refractivity (Wildman–Crippen MR) is 55.8 cm³/mol. The third-order valence-corrected chi connectivity index (χ3v) is 3.48. The molecule has 0 aromatic carbocycles. The van der Waals surface area contributed by atoms with E-state index in [1.807, 2.05) is 0 Å². The van der Waals surface area contributed by atoms with Gasteiger partial charge in [-0.05, 0) is 38.1 Å². The summed E-state index contributed by atoms with van der Waals surface area (Å²) in [5.41, 5.74) is 0. The average Bonchev–Trinajstić information content (AvgIpc) is 2.67. The number of carbonyl (C=O) groups is 1. The Labute approximate surface area is 90.2 Å². The summed E-state index contributed by atoms with van der Waals surface area (Å²) in [4.78, 5) is 13.1. The minimum Gasteiger partial charge on any atom is -0.480 e. The van der Waals surface area contributed by atoms with E-state index in [0.29, 0.717) is 5.92 Å². The second-order valence-corrected chi connectivity index (χ2v) is 4.55. The van der Waals surface area contributed by atoms with Gasteiger partial charge in [-0.1, -0.05) is 0 Å².